The lowest BCUT2D eigenvalue weighted by atomic mass is 10.0. The Kier molecular flexibility index (Phi) is 6.68. The van der Waals surface area contributed by atoms with Crippen LogP contribution in [0, 0.1) is 0 Å². The van der Waals surface area contributed by atoms with Crippen molar-refractivity contribution >= 4 is 15.7 Å². The number of hydrogen-bond acceptors (Lipinski definition) is 8. The summed E-state index contributed by atoms with van der Waals surface area (Å²) in [5.74, 6) is 1.46. The molecule has 4 rings (SSSR count). The number of nitrogens with one attached hydrogen (secondary N) is 2. The summed E-state index contributed by atoms with van der Waals surface area (Å²) in [7, 11) is -1.65. The van der Waals surface area contributed by atoms with Crippen molar-refractivity contribution in [2.45, 2.75) is 38.8 Å². The van der Waals surface area contributed by atoms with Crippen molar-refractivity contribution in [1.82, 2.24) is 20.2 Å². The number of sulfonamides is 1. The molecule has 9 nitrogen and oxygen atoms in total. The monoisotopic (exact) mass is 471 g/mol. The third kappa shape index (κ3) is 5.18. The third-order valence-electron chi connectivity index (χ3n) is 5.50. The Hall–Kier alpha value is -2.95. The molecule has 0 fully saturated rings. The molecular weight excluding hydrogens is 442 g/mol. The largest absolute Gasteiger partial charge is 0.489 e. The molecule has 0 aliphatic heterocycles. The molecule has 4 N–H and O–H groups in total. The van der Waals surface area contributed by atoms with Crippen LogP contribution in [0.2, 0.25) is 0 Å². The van der Waals surface area contributed by atoms with Crippen molar-refractivity contribution in [1.29, 1.82) is 0 Å². The number of nitrogens with two attached hydrogens (primary N) is 1. The average Bonchev–Trinajstić information content (AvgIpc) is 3.41. The van der Waals surface area contributed by atoms with Crippen LogP contribution in [0.5, 0.6) is 5.75 Å². The van der Waals surface area contributed by atoms with E-state index in [4.69, 9.17) is 15.0 Å². The SMILES string of the molecule is CNCCS(=O)(=O)N[C@H]1CCc2c(-c3noc(-c4ccc(OC(C)C)c(N)c4)n3)cccc21. The topological polar surface area (TPSA) is 132 Å². The van der Waals surface area contributed by atoms with Gasteiger partial charge in [-0.25, -0.2) is 13.1 Å². The van der Waals surface area contributed by atoms with E-state index in [1.165, 1.54) is 0 Å². The zero-order chi connectivity index (χ0) is 23.6. The average molecular weight is 472 g/mol. The van der Waals surface area contributed by atoms with Crippen molar-refractivity contribution in [3.05, 3.63) is 47.5 Å². The van der Waals surface area contributed by atoms with E-state index in [1.54, 1.807) is 19.2 Å². The molecular formula is C23H29N5O4S. The van der Waals surface area contributed by atoms with Crippen molar-refractivity contribution in [2.75, 3.05) is 25.1 Å². The Bertz CT molecular complexity index is 1240. The predicted octanol–water partition coefficient (Wildman–Crippen LogP) is 2.90. The number of aromatic nitrogens is 2. The van der Waals surface area contributed by atoms with Gasteiger partial charge in [0.05, 0.1) is 17.5 Å². The highest BCUT2D eigenvalue weighted by Gasteiger charge is 2.29. The quantitative estimate of drug-likeness (QED) is 0.406. The predicted molar refractivity (Wildman–Crippen MR) is 127 cm³/mol. The van der Waals surface area contributed by atoms with E-state index in [2.05, 4.69) is 20.2 Å². The number of nitrogen functional groups attached to an aromatic ring is 1. The first-order valence-electron chi connectivity index (χ1n) is 10.9. The Balaban J connectivity index is 1.58. The molecule has 10 heteroatoms. The van der Waals surface area contributed by atoms with Crippen molar-refractivity contribution < 1.29 is 17.7 Å². The second-order valence-corrected chi connectivity index (χ2v) is 10.2. The first-order valence-corrected chi connectivity index (χ1v) is 12.6. The summed E-state index contributed by atoms with van der Waals surface area (Å²) in [6.07, 6.45) is 1.43. The van der Waals surface area contributed by atoms with E-state index in [0.717, 1.165) is 23.1 Å². The highest BCUT2D eigenvalue weighted by Crippen LogP contribution is 2.38. The van der Waals surface area contributed by atoms with Gasteiger partial charge >= 0.3 is 0 Å². The number of nitrogens with zero attached hydrogens (tertiary/aromatic N) is 2. The third-order valence-corrected chi connectivity index (χ3v) is 6.88. The summed E-state index contributed by atoms with van der Waals surface area (Å²) < 4.78 is 38.8. The van der Waals surface area contributed by atoms with Gasteiger partial charge in [0.1, 0.15) is 5.75 Å². The lowest BCUT2D eigenvalue weighted by Gasteiger charge is -2.15. The fourth-order valence-corrected chi connectivity index (χ4v) is 5.26. The number of benzene rings is 2. The van der Waals surface area contributed by atoms with Crippen LogP contribution in [0.1, 0.15) is 37.4 Å². The van der Waals surface area contributed by atoms with Gasteiger partial charge in [0, 0.05) is 23.7 Å². The highest BCUT2D eigenvalue weighted by atomic mass is 32.2. The van der Waals surface area contributed by atoms with E-state index < -0.39 is 10.0 Å². The van der Waals surface area contributed by atoms with Gasteiger partial charge in [-0.1, -0.05) is 23.4 Å². The van der Waals surface area contributed by atoms with Gasteiger partial charge in [-0.3, -0.25) is 0 Å². The van der Waals surface area contributed by atoms with E-state index in [1.807, 2.05) is 38.1 Å². The maximum atomic E-state index is 12.4. The summed E-state index contributed by atoms with van der Waals surface area (Å²) in [4.78, 5) is 4.58. The molecule has 2 aromatic carbocycles. The molecule has 0 bridgehead atoms. The molecule has 0 radical (unpaired) electrons. The van der Waals surface area contributed by atoms with Crippen LogP contribution < -0.4 is 20.5 Å². The second-order valence-electron chi connectivity index (χ2n) is 8.35. The normalized spacial score (nSPS) is 15.7. The molecule has 1 heterocycles. The lowest BCUT2D eigenvalue weighted by molar-refractivity contribution is 0.244. The molecule has 1 aromatic heterocycles. The minimum Gasteiger partial charge on any atom is -0.489 e. The molecule has 3 aromatic rings. The standard InChI is InChI=1S/C23H29N5O4S/c1-14(2)31-21-10-7-15(13-19(21)24)23-26-22(27-32-23)18-6-4-5-17-16(18)8-9-20(17)28-33(29,30)12-11-25-3/h4-7,10,13-14,20,25,28H,8-9,11-12,24H2,1-3H3/t20-/m0/s1. The van der Waals surface area contributed by atoms with Gasteiger partial charge in [-0.05, 0) is 63.1 Å². The molecule has 0 unspecified atom stereocenters. The van der Waals surface area contributed by atoms with Gasteiger partial charge in [0.2, 0.25) is 15.8 Å². The molecule has 176 valence electrons. The minimum absolute atomic E-state index is 0.0185. The number of anilines is 1. The Morgan fingerprint density at radius 1 is 1.27 bits per heavy atom. The molecule has 0 saturated heterocycles. The molecule has 0 saturated carbocycles. The van der Waals surface area contributed by atoms with Gasteiger partial charge in [-0.2, -0.15) is 4.98 Å². The van der Waals surface area contributed by atoms with E-state index in [0.29, 0.717) is 41.7 Å². The molecule has 0 spiro atoms. The lowest BCUT2D eigenvalue weighted by Crippen LogP contribution is -2.33. The first-order chi connectivity index (χ1) is 15.8. The zero-order valence-corrected chi connectivity index (χ0v) is 19.8. The summed E-state index contributed by atoms with van der Waals surface area (Å²) in [6.45, 7) is 4.28. The van der Waals surface area contributed by atoms with Crippen LogP contribution >= 0.6 is 0 Å². The molecule has 1 aliphatic carbocycles. The summed E-state index contributed by atoms with van der Waals surface area (Å²) in [6, 6.07) is 10.9. The highest BCUT2D eigenvalue weighted by molar-refractivity contribution is 7.89. The van der Waals surface area contributed by atoms with E-state index in [-0.39, 0.29) is 17.9 Å². The fourth-order valence-electron chi connectivity index (χ4n) is 3.99. The zero-order valence-electron chi connectivity index (χ0n) is 19.0. The Morgan fingerprint density at radius 3 is 2.82 bits per heavy atom. The van der Waals surface area contributed by atoms with Crippen LogP contribution in [0.4, 0.5) is 5.69 Å². The van der Waals surface area contributed by atoms with Crippen molar-refractivity contribution in [3.8, 4) is 28.6 Å². The van der Waals surface area contributed by atoms with Gasteiger partial charge in [-0.15, -0.1) is 0 Å². The summed E-state index contributed by atoms with van der Waals surface area (Å²) in [5, 5.41) is 7.04. The number of ether oxygens (including phenoxy) is 1. The van der Waals surface area contributed by atoms with Crippen LogP contribution in [0.15, 0.2) is 40.9 Å². The minimum atomic E-state index is -3.38. The molecule has 33 heavy (non-hydrogen) atoms. The summed E-state index contributed by atoms with van der Waals surface area (Å²) >= 11 is 0. The maximum Gasteiger partial charge on any atom is 0.258 e. The summed E-state index contributed by atoms with van der Waals surface area (Å²) in [5.41, 5.74) is 10.1. The van der Waals surface area contributed by atoms with Crippen molar-refractivity contribution in [3.63, 3.8) is 0 Å². The van der Waals surface area contributed by atoms with Crippen LogP contribution in [-0.4, -0.2) is 44.0 Å². The van der Waals surface area contributed by atoms with Gasteiger partial charge in [0.15, 0.2) is 0 Å². The number of hydrogen-bond donors (Lipinski definition) is 3. The maximum absolute atomic E-state index is 12.4. The van der Waals surface area contributed by atoms with Gasteiger partial charge < -0.3 is 20.3 Å². The first kappa shape index (κ1) is 23.2. The molecule has 1 aliphatic rings. The van der Waals surface area contributed by atoms with Crippen LogP contribution in [0.3, 0.4) is 0 Å². The molecule has 1 atom stereocenters. The smallest absolute Gasteiger partial charge is 0.258 e. The second kappa shape index (κ2) is 9.50. The van der Waals surface area contributed by atoms with Crippen LogP contribution in [-0.2, 0) is 16.4 Å². The van der Waals surface area contributed by atoms with Crippen LogP contribution in [0.25, 0.3) is 22.8 Å². The fraction of sp³-hybridized carbons (Fsp3) is 0.391. The van der Waals surface area contributed by atoms with E-state index in [9.17, 15) is 8.42 Å². The Morgan fingerprint density at radius 2 is 2.09 bits per heavy atom. The van der Waals surface area contributed by atoms with E-state index >= 15 is 0 Å². The van der Waals surface area contributed by atoms with Crippen molar-refractivity contribution in [2.24, 2.45) is 0 Å². The Labute approximate surface area is 193 Å². The number of fused-ring (bicyclic) bond motifs is 1. The molecule has 0 amide bonds. The van der Waals surface area contributed by atoms with Gasteiger partial charge in [0.25, 0.3) is 5.89 Å². The number of rotatable bonds is 9.